The summed E-state index contributed by atoms with van der Waals surface area (Å²) in [4.78, 5) is 10.6. The first kappa shape index (κ1) is 20.6. The van der Waals surface area contributed by atoms with E-state index < -0.39 is 5.97 Å². The first-order chi connectivity index (χ1) is 13.1. The van der Waals surface area contributed by atoms with Crippen LogP contribution >= 0.6 is 0 Å². The number of aliphatic hydroxyl groups excluding tert-OH is 1. The van der Waals surface area contributed by atoms with Crippen LogP contribution in [0.3, 0.4) is 0 Å². The maximum absolute atomic E-state index is 10.6. The van der Waals surface area contributed by atoms with E-state index in [9.17, 15) is 9.90 Å². The first-order valence-corrected chi connectivity index (χ1v) is 11.0. The number of ether oxygens (including phenoxy) is 1. The summed E-state index contributed by atoms with van der Waals surface area (Å²) in [6, 6.07) is 0. The van der Waals surface area contributed by atoms with Crippen LogP contribution in [0.2, 0.25) is 0 Å². The average molecular weight is 377 g/mol. The second-order valence-corrected chi connectivity index (χ2v) is 8.72. The van der Waals surface area contributed by atoms with Crippen molar-refractivity contribution in [1.82, 2.24) is 0 Å². The molecule has 0 aromatic carbocycles. The standard InChI is InChI=1S/C23H36O4/c24-18(16-17-8-4-3-5-9-17)12-13-20-19(21-14-15-22(20)27-21)10-6-1-2-7-11-23(25)26/h1,6,12-13,17-22,24H,2-5,7-11,14-16H2,(H,25,26)/b6-1-,13-12+/t18-,19+,20+,21+,22-/m1/s1. The molecule has 0 aromatic heterocycles. The molecule has 4 nitrogen and oxygen atoms in total. The molecule has 0 amide bonds. The van der Waals surface area contributed by atoms with Crippen molar-refractivity contribution in [2.24, 2.45) is 17.8 Å². The van der Waals surface area contributed by atoms with Crippen LogP contribution in [0, 0.1) is 17.8 Å². The second kappa shape index (κ2) is 10.4. The van der Waals surface area contributed by atoms with E-state index in [1.807, 2.05) is 6.08 Å². The van der Waals surface area contributed by atoms with Gasteiger partial charge in [0.05, 0.1) is 18.3 Å². The molecular weight excluding hydrogens is 340 g/mol. The molecule has 0 aromatic rings. The fraction of sp³-hybridized carbons (Fsp3) is 0.783. The Labute approximate surface area is 163 Å². The molecule has 2 bridgehead atoms. The number of allylic oxidation sites excluding steroid dienone is 2. The Balaban J connectivity index is 1.45. The van der Waals surface area contributed by atoms with Gasteiger partial charge < -0.3 is 14.9 Å². The molecule has 27 heavy (non-hydrogen) atoms. The van der Waals surface area contributed by atoms with E-state index >= 15 is 0 Å². The second-order valence-electron chi connectivity index (χ2n) is 8.72. The summed E-state index contributed by atoms with van der Waals surface area (Å²) in [7, 11) is 0. The van der Waals surface area contributed by atoms with Gasteiger partial charge in [-0.2, -0.15) is 0 Å². The number of carboxylic acid groups (broad SMARTS) is 1. The van der Waals surface area contributed by atoms with E-state index in [-0.39, 0.29) is 12.5 Å². The maximum Gasteiger partial charge on any atom is 0.303 e. The number of aliphatic hydroxyl groups is 1. The van der Waals surface area contributed by atoms with Gasteiger partial charge in [-0.1, -0.05) is 56.4 Å². The topological polar surface area (TPSA) is 66.8 Å². The summed E-state index contributed by atoms with van der Waals surface area (Å²) in [6.07, 6.45) is 21.5. The number of rotatable bonds is 10. The monoisotopic (exact) mass is 376 g/mol. The zero-order valence-electron chi connectivity index (χ0n) is 16.5. The third-order valence-corrected chi connectivity index (χ3v) is 6.68. The van der Waals surface area contributed by atoms with Gasteiger partial charge >= 0.3 is 5.97 Å². The lowest BCUT2D eigenvalue weighted by atomic mass is 9.77. The van der Waals surface area contributed by atoms with Crippen molar-refractivity contribution in [1.29, 1.82) is 0 Å². The number of aliphatic carboxylic acids is 1. The molecule has 2 heterocycles. The molecule has 0 unspecified atom stereocenters. The summed E-state index contributed by atoms with van der Waals surface area (Å²) in [5, 5.41) is 19.1. The third-order valence-electron chi connectivity index (χ3n) is 6.68. The van der Waals surface area contributed by atoms with Gasteiger partial charge in [0.25, 0.3) is 0 Å². The van der Waals surface area contributed by atoms with E-state index in [0.717, 1.165) is 32.1 Å². The van der Waals surface area contributed by atoms with Gasteiger partial charge in [-0.15, -0.1) is 0 Å². The maximum atomic E-state index is 10.6. The van der Waals surface area contributed by atoms with Crippen molar-refractivity contribution < 1.29 is 19.7 Å². The number of carbonyl (C=O) groups is 1. The Morgan fingerprint density at radius 2 is 1.85 bits per heavy atom. The fourth-order valence-corrected chi connectivity index (χ4v) is 5.23. The zero-order chi connectivity index (χ0) is 19.1. The minimum absolute atomic E-state index is 0.242. The summed E-state index contributed by atoms with van der Waals surface area (Å²) in [5.74, 6) is 0.882. The summed E-state index contributed by atoms with van der Waals surface area (Å²) >= 11 is 0. The van der Waals surface area contributed by atoms with Crippen molar-refractivity contribution in [2.75, 3.05) is 0 Å². The predicted octanol–water partition coefficient (Wildman–Crippen LogP) is 4.87. The Bertz CT molecular complexity index is 520. The highest BCUT2D eigenvalue weighted by Crippen LogP contribution is 2.46. The third kappa shape index (κ3) is 6.18. The molecule has 3 aliphatic rings. The quantitative estimate of drug-likeness (QED) is 0.422. The normalized spacial score (nSPS) is 32.6. The number of fused-ring (bicyclic) bond motifs is 2. The lowest BCUT2D eigenvalue weighted by Crippen LogP contribution is -2.25. The molecule has 3 fully saturated rings. The molecule has 0 spiro atoms. The van der Waals surface area contributed by atoms with Crippen LogP contribution in [-0.4, -0.2) is 34.5 Å². The van der Waals surface area contributed by atoms with E-state index in [1.165, 1.54) is 32.1 Å². The van der Waals surface area contributed by atoms with E-state index in [0.29, 0.717) is 36.4 Å². The van der Waals surface area contributed by atoms with Gasteiger partial charge in [0.2, 0.25) is 0 Å². The molecule has 2 saturated heterocycles. The van der Waals surface area contributed by atoms with E-state index in [1.54, 1.807) is 0 Å². The smallest absolute Gasteiger partial charge is 0.303 e. The van der Waals surface area contributed by atoms with Gasteiger partial charge in [0, 0.05) is 12.3 Å². The molecule has 3 rings (SSSR count). The highest BCUT2D eigenvalue weighted by molar-refractivity contribution is 5.66. The summed E-state index contributed by atoms with van der Waals surface area (Å²) < 4.78 is 6.14. The SMILES string of the molecule is O=C(O)CCC/C=C\C[C@H]1[C@H](/C=C/[C@@H](O)CC2CCCCC2)[C@H]2CC[C@@H]1O2. The van der Waals surface area contributed by atoms with E-state index in [4.69, 9.17) is 9.84 Å². The van der Waals surface area contributed by atoms with Crippen LogP contribution in [0.1, 0.15) is 77.0 Å². The predicted molar refractivity (Wildman–Crippen MR) is 106 cm³/mol. The van der Waals surface area contributed by atoms with Crippen molar-refractivity contribution in [3.05, 3.63) is 24.3 Å². The van der Waals surface area contributed by atoms with Gasteiger partial charge in [0.1, 0.15) is 0 Å². The van der Waals surface area contributed by atoms with Crippen molar-refractivity contribution in [2.45, 2.75) is 95.4 Å². The highest BCUT2D eigenvalue weighted by Gasteiger charge is 2.46. The lowest BCUT2D eigenvalue weighted by Gasteiger charge is -2.26. The van der Waals surface area contributed by atoms with Crippen LogP contribution in [0.25, 0.3) is 0 Å². The van der Waals surface area contributed by atoms with Gasteiger partial charge in [0.15, 0.2) is 0 Å². The number of carboxylic acids is 1. The molecule has 5 atom stereocenters. The Morgan fingerprint density at radius 3 is 2.63 bits per heavy atom. The van der Waals surface area contributed by atoms with Crippen molar-refractivity contribution >= 4 is 5.97 Å². The zero-order valence-corrected chi connectivity index (χ0v) is 16.5. The molecule has 0 radical (unpaired) electrons. The van der Waals surface area contributed by atoms with Crippen molar-refractivity contribution in [3.63, 3.8) is 0 Å². The Kier molecular flexibility index (Phi) is 7.95. The van der Waals surface area contributed by atoms with Crippen LogP contribution in [0.15, 0.2) is 24.3 Å². The Hall–Kier alpha value is -1.13. The number of hydrogen-bond acceptors (Lipinski definition) is 3. The lowest BCUT2D eigenvalue weighted by molar-refractivity contribution is -0.137. The van der Waals surface area contributed by atoms with Crippen molar-refractivity contribution in [3.8, 4) is 0 Å². The Morgan fingerprint density at radius 1 is 1.07 bits per heavy atom. The molecular formula is C23H36O4. The molecule has 1 saturated carbocycles. The number of hydrogen-bond donors (Lipinski definition) is 2. The first-order valence-electron chi connectivity index (χ1n) is 11.0. The number of unbranched alkanes of at least 4 members (excludes halogenated alkanes) is 1. The molecule has 2 N–H and O–H groups in total. The van der Waals surface area contributed by atoms with Gasteiger partial charge in [-0.3, -0.25) is 4.79 Å². The molecule has 4 heteroatoms. The molecule has 152 valence electrons. The highest BCUT2D eigenvalue weighted by atomic mass is 16.5. The van der Waals surface area contributed by atoms with Crippen LogP contribution in [0.5, 0.6) is 0 Å². The van der Waals surface area contributed by atoms with Crippen LogP contribution in [0.4, 0.5) is 0 Å². The largest absolute Gasteiger partial charge is 0.481 e. The summed E-state index contributed by atoms with van der Waals surface area (Å²) in [6.45, 7) is 0. The molecule has 2 aliphatic heterocycles. The van der Waals surface area contributed by atoms with Gasteiger partial charge in [-0.05, 0) is 50.4 Å². The minimum Gasteiger partial charge on any atom is -0.481 e. The minimum atomic E-state index is -0.720. The van der Waals surface area contributed by atoms with Crippen LogP contribution in [-0.2, 0) is 9.53 Å². The van der Waals surface area contributed by atoms with Crippen LogP contribution < -0.4 is 0 Å². The summed E-state index contributed by atoms with van der Waals surface area (Å²) in [5.41, 5.74) is 0. The average Bonchev–Trinajstić information content (AvgIpc) is 3.25. The molecule has 1 aliphatic carbocycles. The van der Waals surface area contributed by atoms with E-state index in [2.05, 4.69) is 18.2 Å². The fourth-order valence-electron chi connectivity index (χ4n) is 5.23. The van der Waals surface area contributed by atoms with Gasteiger partial charge in [-0.25, -0.2) is 0 Å².